The highest BCUT2D eigenvalue weighted by atomic mass is 16.6. The Balaban J connectivity index is 0.807. The fraction of sp³-hybridized carbons (Fsp3) is 0.486. The third-order valence-electron chi connectivity index (χ3n) is 8.85. The minimum Gasteiger partial charge on any atom is -0.488 e. The van der Waals surface area contributed by atoms with Crippen molar-refractivity contribution in [2.24, 2.45) is 0 Å². The molecule has 1 saturated heterocycles. The van der Waals surface area contributed by atoms with Gasteiger partial charge in [-0.2, -0.15) is 5.10 Å². The van der Waals surface area contributed by atoms with Gasteiger partial charge in [-0.3, -0.25) is 14.7 Å². The maximum atomic E-state index is 12.8. The summed E-state index contributed by atoms with van der Waals surface area (Å²) >= 11 is 0. The average Bonchev–Trinajstić information content (AvgIpc) is 3.72. The van der Waals surface area contributed by atoms with Crippen LogP contribution in [0.2, 0.25) is 0 Å². The Bertz CT molecular complexity index is 1690. The topological polar surface area (TPSA) is 141 Å². The zero-order valence-corrected chi connectivity index (χ0v) is 28.7. The summed E-state index contributed by atoms with van der Waals surface area (Å²) in [6.45, 7) is 8.03. The van der Waals surface area contributed by atoms with Crippen LogP contribution in [0, 0.1) is 0 Å². The summed E-state index contributed by atoms with van der Waals surface area (Å²) in [5.74, 6) is 1.79. The molecule has 0 unspecified atom stereocenters. The summed E-state index contributed by atoms with van der Waals surface area (Å²) in [5, 5.41) is 8.61. The van der Waals surface area contributed by atoms with Gasteiger partial charge in [0.25, 0.3) is 0 Å². The van der Waals surface area contributed by atoms with E-state index in [0.29, 0.717) is 97.4 Å². The van der Waals surface area contributed by atoms with Crippen LogP contribution in [0.5, 0.6) is 5.75 Å². The molecule has 6 rings (SSSR count). The molecule has 13 nitrogen and oxygen atoms in total. The first-order valence-electron chi connectivity index (χ1n) is 17.4. The molecule has 266 valence electrons. The number of aromatic nitrogens is 4. The van der Waals surface area contributed by atoms with E-state index in [9.17, 15) is 9.59 Å². The predicted molar refractivity (Wildman–Crippen MR) is 187 cm³/mol. The summed E-state index contributed by atoms with van der Waals surface area (Å²) in [6, 6.07) is 17.1. The van der Waals surface area contributed by atoms with E-state index in [1.807, 2.05) is 59.5 Å². The minimum absolute atomic E-state index is 0.0610. The first-order chi connectivity index (χ1) is 24.5. The number of ketones is 1. The van der Waals surface area contributed by atoms with Crippen LogP contribution < -0.4 is 9.64 Å². The molecule has 2 aromatic heterocycles. The molecule has 1 saturated carbocycles. The number of nitrogens with one attached hydrogen (secondary N) is 1. The molecule has 1 aliphatic carbocycles. The normalized spacial score (nSPS) is 15.4. The number of carbonyl (C=O) groups excluding carboxylic acids is 2. The van der Waals surface area contributed by atoms with Crippen molar-refractivity contribution in [3.8, 4) is 17.1 Å². The predicted octanol–water partition coefficient (Wildman–Crippen LogP) is 4.33. The molecule has 13 heteroatoms. The maximum absolute atomic E-state index is 12.8. The number of aromatic amines is 1. The lowest BCUT2D eigenvalue weighted by Gasteiger charge is -2.35. The smallest absolute Gasteiger partial charge is 0.225 e. The molecule has 0 bridgehead atoms. The largest absolute Gasteiger partial charge is 0.488 e. The van der Waals surface area contributed by atoms with Gasteiger partial charge in [0.2, 0.25) is 5.91 Å². The summed E-state index contributed by atoms with van der Waals surface area (Å²) < 4.78 is 28.3. The Hall–Kier alpha value is -4.43. The van der Waals surface area contributed by atoms with Crippen molar-refractivity contribution in [1.29, 1.82) is 0 Å². The van der Waals surface area contributed by atoms with Crippen molar-refractivity contribution >= 4 is 28.4 Å². The molecule has 4 aromatic rings. The molecule has 0 spiro atoms. The van der Waals surface area contributed by atoms with E-state index in [0.717, 1.165) is 46.7 Å². The lowest BCUT2D eigenvalue weighted by Crippen LogP contribution is -2.49. The van der Waals surface area contributed by atoms with E-state index in [4.69, 9.17) is 23.7 Å². The van der Waals surface area contributed by atoms with Gasteiger partial charge in [-0.15, -0.1) is 0 Å². The SMILES string of the molecule is CC1(Oc2ccc3[nH]nc(-c4cc(N5CCN(C(=O)CCOCCOCCOCCOCCC(=O)c6ccccc6)CC5)ncn4)c3c2)CC1. The second-order valence-corrected chi connectivity index (χ2v) is 12.7. The number of piperazine rings is 1. The number of anilines is 1. The number of carbonyl (C=O) groups is 2. The van der Waals surface area contributed by atoms with Crippen LogP contribution in [0.3, 0.4) is 0 Å². The number of Topliss-reactive ketones (excluding diaryl/α,β-unsaturated/α-hetero) is 1. The number of amides is 1. The maximum Gasteiger partial charge on any atom is 0.225 e. The molecule has 2 aliphatic rings. The number of ether oxygens (including phenoxy) is 5. The van der Waals surface area contributed by atoms with Gasteiger partial charge in [-0.1, -0.05) is 30.3 Å². The highest BCUT2D eigenvalue weighted by Gasteiger charge is 2.40. The number of fused-ring (bicyclic) bond motifs is 1. The Morgan fingerprint density at radius 1 is 0.780 bits per heavy atom. The molecule has 1 amide bonds. The Labute approximate surface area is 292 Å². The molecule has 3 heterocycles. The fourth-order valence-electron chi connectivity index (χ4n) is 5.66. The molecule has 1 aliphatic heterocycles. The highest BCUT2D eigenvalue weighted by molar-refractivity contribution is 5.96. The first kappa shape index (κ1) is 35.4. The monoisotopic (exact) mass is 686 g/mol. The van der Waals surface area contributed by atoms with Crippen LogP contribution in [0.1, 0.15) is 43.0 Å². The molecule has 2 fully saturated rings. The third kappa shape index (κ3) is 10.1. The van der Waals surface area contributed by atoms with Crippen molar-refractivity contribution in [2.45, 2.75) is 38.2 Å². The second kappa shape index (κ2) is 17.5. The van der Waals surface area contributed by atoms with E-state index in [1.165, 1.54) is 0 Å². The van der Waals surface area contributed by atoms with Gasteiger partial charge in [0.15, 0.2) is 5.78 Å². The molecule has 50 heavy (non-hydrogen) atoms. The third-order valence-corrected chi connectivity index (χ3v) is 8.85. The molecule has 1 N–H and O–H groups in total. The highest BCUT2D eigenvalue weighted by Crippen LogP contribution is 2.40. The Morgan fingerprint density at radius 2 is 1.44 bits per heavy atom. The number of hydrogen-bond acceptors (Lipinski definition) is 11. The van der Waals surface area contributed by atoms with E-state index in [1.54, 1.807) is 6.33 Å². The Kier molecular flexibility index (Phi) is 12.4. The van der Waals surface area contributed by atoms with Gasteiger partial charge >= 0.3 is 0 Å². The van der Waals surface area contributed by atoms with Gasteiger partial charge in [0.1, 0.15) is 29.2 Å². The fourth-order valence-corrected chi connectivity index (χ4v) is 5.66. The summed E-state index contributed by atoms with van der Waals surface area (Å²) in [4.78, 5) is 37.9. The Morgan fingerprint density at radius 3 is 2.12 bits per heavy atom. The lowest BCUT2D eigenvalue weighted by atomic mass is 10.1. The molecular weight excluding hydrogens is 640 g/mol. The second-order valence-electron chi connectivity index (χ2n) is 12.7. The van der Waals surface area contributed by atoms with Crippen LogP contribution >= 0.6 is 0 Å². The quantitative estimate of drug-likeness (QED) is 0.105. The van der Waals surface area contributed by atoms with E-state index >= 15 is 0 Å². The number of nitrogens with zero attached hydrogens (tertiary/aromatic N) is 5. The summed E-state index contributed by atoms with van der Waals surface area (Å²) in [5.41, 5.74) is 3.06. The van der Waals surface area contributed by atoms with Crippen molar-refractivity contribution in [3.63, 3.8) is 0 Å². The van der Waals surface area contributed by atoms with Crippen molar-refractivity contribution in [1.82, 2.24) is 25.1 Å². The average molecular weight is 687 g/mol. The van der Waals surface area contributed by atoms with Crippen LogP contribution in [-0.4, -0.2) is 121 Å². The van der Waals surface area contributed by atoms with Crippen molar-refractivity contribution < 1.29 is 33.3 Å². The zero-order chi connectivity index (χ0) is 34.6. The number of benzene rings is 2. The zero-order valence-electron chi connectivity index (χ0n) is 28.7. The van der Waals surface area contributed by atoms with Crippen LogP contribution in [0.25, 0.3) is 22.3 Å². The van der Waals surface area contributed by atoms with Crippen molar-refractivity contribution in [3.05, 3.63) is 66.5 Å². The van der Waals surface area contributed by atoms with Gasteiger partial charge in [-0.05, 0) is 38.0 Å². The van der Waals surface area contributed by atoms with Crippen LogP contribution in [0.4, 0.5) is 5.82 Å². The van der Waals surface area contributed by atoms with Gasteiger partial charge in [0, 0.05) is 49.6 Å². The van der Waals surface area contributed by atoms with Gasteiger partial charge in [0.05, 0.1) is 70.5 Å². The van der Waals surface area contributed by atoms with Crippen LogP contribution in [-0.2, 0) is 23.7 Å². The summed E-state index contributed by atoms with van der Waals surface area (Å²) in [7, 11) is 0. The molecular formula is C37H46N6O7. The van der Waals surface area contributed by atoms with E-state index < -0.39 is 0 Å². The summed E-state index contributed by atoms with van der Waals surface area (Å²) in [6.07, 6.45) is 4.39. The molecule has 0 atom stereocenters. The number of H-pyrrole nitrogens is 1. The van der Waals surface area contributed by atoms with E-state index in [-0.39, 0.29) is 17.3 Å². The number of hydrogen-bond donors (Lipinski definition) is 1. The van der Waals surface area contributed by atoms with Crippen LogP contribution in [0.15, 0.2) is 60.9 Å². The molecule has 2 aromatic carbocycles. The first-order valence-corrected chi connectivity index (χ1v) is 17.4. The van der Waals surface area contributed by atoms with Crippen molar-refractivity contribution in [2.75, 3.05) is 83.9 Å². The van der Waals surface area contributed by atoms with Gasteiger partial charge in [-0.25, -0.2) is 9.97 Å². The molecule has 0 radical (unpaired) electrons. The lowest BCUT2D eigenvalue weighted by molar-refractivity contribution is -0.132. The van der Waals surface area contributed by atoms with E-state index in [2.05, 4.69) is 32.0 Å². The standard InChI is InChI=1S/C37H46N6O7/c1-37(11-12-37)50-29-7-8-31-30(25-29)36(41-40-31)32-26-34(39-27-38-32)42-13-15-43(16-14-42)35(45)10-18-47-20-22-49-24-23-48-21-19-46-17-9-33(44)28-5-3-2-4-6-28/h2-8,25-27H,9-24H2,1H3,(H,40,41). The minimum atomic E-state index is -0.0610. The number of rotatable bonds is 20. The van der Waals surface area contributed by atoms with Gasteiger partial charge < -0.3 is 33.5 Å².